The average molecular weight is 277 g/mol. The molecule has 1 unspecified atom stereocenters. The van der Waals surface area contributed by atoms with E-state index in [1.54, 1.807) is 7.11 Å². The fourth-order valence-corrected chi connectivity index (χ4v) is 2.47. The molecule has 2 nitrogen and oxygen atoms in total. The van der Waals surface area contributed by atoms with Gasteiger partial charge in [-0.15, -0.1) is 0 Å². The van der Waals surface area contributed by atoms with Crippen LogP contribution in [0.3, 0.4) is 0 Å². The average Bonchev–Trinajstić information content (AvgIpc) is 2.46. The zero-order valence-corrected chi connectivity index (χ0v) is 13.4. The fraction of sp³-hybridized carbons (Fsp3) is 0.667. The second kappa shape index (κ2) is 10.9. The molecule has 0 saturated heterocycles. The molecule has 1 N–H and O–H groups in total. The third kappa shape index (κ3) is 7.66. The largest absolute Gasteiger partial charge is 0.385 e. The minimum Gasteiger partial charge on any atom is -0.385 e. The zero-order chi connectivity index (χ0) is 14.6. The molecule has 0 saturated carbocycles. The van der Waals surface area contributed by atoms with Crippen LogP contribution in [0.2, 0.25) is 0 Å². The highest BCUT2D eigenvalue weighted by atomic mass is 16.5. The van der Waals surface area contributed by atoms with Gasteiger partial charge in [-0.2, -0.15) is 0 Å². The highest BCUT2D eigenvalue weighted by Gasteiger charge is 2.10. The molecule has 2 heteroatoms. The molecule has 0 aliphatic heterocycles. The van der Waals surface area contributed by atoms with E-state index in [4.69, 9.17) is 4.74 Å². The van der Waals surface area contributed by atoms with E-state index in [-0.39, 0.29) is 0 Å². The van der Waals surface area contributed by atoms with Crippen LogP contribution in [0.5, 0.6) is 0 Å². The van der Waals surface area contributed by atoms with Crippen molar-refractivity contribution in [2.24, 2.45) is 5.92 Å². The molecule has 0 aromatic heterocycles. The molecule has 1 atom stereocenters. The number of benzene rings is 1. The second-order valence-corrected chi connectivity index (χ2v) is 6.00. The third-order valence-corrected chi connectivity index (χ3v) is 3.62. The Labute approximate surface area is 124 Å². The number of hydrogen-bond acceptors (Lipinski definition) is 2. The van der Waals surface area contributed by atoms with E-state index < -0.39 is 0 Å². The van der Waals surface area contributed by atoms with E-state index in [2.05, 4.69) is 49.5 Å². The van der Waals surface area contributed by atoms with Gasteiger partial charge in [0.2, 0.25) is 0 Å². The van der Waals surface area contributed by atoms with Gasteiger partial charge in [0.25, 0.3) is 0 Å². The van der Waals surface area contributed by atoms with Gasteiger partial charge in [0.15, 0.2) is 0 Å². The van der Waals surface area contributed by atoms with Crippen LogP contribution in [0.25, 0.3) is 0 Å². The van der Waals surface area contributed by atoms with Crippen molar-refractivity contribution in [1.82, 2.24) is 5.32 Å². The summed E-state index contributed by atoms with van der Waals surface area (Å²) in [6, 6.07) is 10.9. The molecule has 0 heterocycles. The summed E-state index contributed by atoms with van der Waals surface area (Å²) >= 11 is 0. The molecule has 0 aliphatic carbocycles. The lowest BCUT2D eigenvalue weighted by molar-refractivity contribution is 0.191. The van der Waals surface area contributed by atoms with Crippen LogP contribution in [0.15, 0.2) is 30.3 Å². The first kappa shape index (κ1) is 17.2. The van der Waals surface area contributed by atoms with Crippen LogP contribution in [0.4, 0.5) is 0 Å². The standard InChI is InChI=1S/C18H31NO/c1-16(2)14-19-15-18(12-8-5-9-13-20-3)17-10-6-4-7-11-17/h4,6-7,10-11,16,18-19H,5,8-9,12-15H2,1-3H3. The van der Waals surface area contributed by atoms with Gasteiger partial charge in [0.1, 0.15) is 0 Å². The molecule has 1 rings (SSSR count). The highest BCUT2D eigenvalue weighted by Crippen LogP contribution is 2.21. The van der Waals surface area contributed by atoms with E-state index in [1.807, 2.05) is 0 Å². The van der Waals surface area contributed by atoms with Gasteiger partial charge < -0.3 is 10.1 Å². The number of nitrogens with one attached hydrogen (secondary N) is 1. The molecule has 0 spiro atoms. The fourth-order valence-electron chi connectivity index (χ4n) is 2.47. The molecular formula is C18H31NO. The predicted molar refractivity (Wildman–Crippen MR) is 87.2 cm³/mol. The summed E-state index contributed by atoms with van der Waals surface area (Å²) in [5.41, 5.74) is 1.47. The number of unbranched alkanes of at least 4 members (excludes halogenated alkanes) is 2. The van der Waals surface area contributed by atoms with Crippen LogP contribution in [-0.2, 0) is 4.74 Å². The van der Waals surface area contributed by atoms with Crippen molar-refractivity contribution in [2.75, 3.05) is 26.8 Å². The SMILES string of the molecule is COCCCCCC(CNCC(C)C)c1ccccc1. The molecule has 0 bridgehead atoms. The summed E-state index contributed by atoms with van der Waals surface area (Å²) in [5.74, 6) is 1.35. The Bertz CT molecular complexity index is 323. The van der Waals surface area contributed by atoms with Crippen LogP contribution in [0, 0.1) is 5.92 Å². The number of ether oxygens (including phenoxy) is 1. The lowest BCUT2D eigenvalue weighted by atomic mass is 9.93. The minimum absolute atomic E-state index is 0.637. The molecule has 0 fully saturated rings. The van der Waals surface area contributed by atoms with Crippen LogP contribution < -0.4 is 5.32 Å². The predicted octanol–water partition coefficient (Wildman–Crippen LogP) is 4.22. The molecule has 114 valence electrons. The zero-order valence-electron chi connectivity index (χ0n) is 13.4. The number of hydrogen-bond donors (Lipinski definition) is 1. The molecular weight excluding hydrogens is 246 g/mol. The quantitative estimate of drug-likeness (QED) is 0.611. The number of rotatable bonds is 11. The molecule has 0 amide bonds. The Morgan fingerprint density at radius 3 is 2.40 bits per heavy atom. The Kier molecular flexibility index (Phi) is 9.35. The Hall–Kier alpha value is -0.860. The van der Waals surface area contributed by atoms with Gasteiger partial charge >= 0.3 is 0 Å². The first-order chi connectivity index (χ1) is 9.74. The summed E-state index contributed by atoms with van der Waals surface area (Å²) in [4.78, 5) is 0. The van der Waals surface area contributed by atoms with Crippen LogP contribution in [-0.4, -0.2) is 26.8 Å². The van der Waals surface area contributed by atoms with E-state index >= 15 is 0 Å². The summed E-state index contributed by atoms with van der Waals surface area (Å²) in [6.45, 7) is 7.60. The molecule has 1 aromatic rings. The van der Waals surface area contributed by atoms with Gasteiger partial charge in [-0.1, -0.05) is 57.0 Å². The van der Waals surface area contributed by atoms with E-state index in [0.29, 0.717) is 11.8 Å². The van der Waals surface area contributed by atoms with Crippen molar-refractivity contribution in [1.29, 1.82) is 0 Å². The molecule has 20 heavy (non-hydrogen) atoms. The summed E-state index contributed by atoms with van der Waals surface area (Å²) < 4.78 is 5.11. The van der Waals surface area contributed by atoms with Crippen molar-refractivity contribution in [3.8, 4) is 0 Å². The summed E-state index contributed by atoms with van der Waals surface area (Å²) in [5, 5.41) is 3.61. The van der Waals surface area contributed by atoms with Gasteiger partial charge in [-0.05, 0) is 36.8 Å². The Morgan fingerprint density at radius 2 is 1.75 bits per heavy atom. The smallest absolute Gasteiger partial charge is 0.0462 e. The topological polar surface area (TPSA) is 21.3 Å². The summed E-state index contributed by atoms with van der Waals surface area (Å²) in [6.07, 6.45) is 4.99. The molecule has 0 aliphatic rings. The van der Waals surface area contributed by atoms with E-state index in [0.717, 1.165) is 19.7 Å². The van der Waals surface area contributed by atoms with Crippen molar-refractivity contribution in [2.45, 2.75) is 45.4 Å². The van der Waals surface area contributed by atoms with Gasteiger partial charge in [0, 0.05) is 20.3 Å². The maximum atomic E-state index is 5.11. The maximum absolute atomic E-state index is 5.11. The van der Waals surface area contributed by atoms with E-state index in [9.17, 15) is 0 Å². The normalized spacial score (nSPS) is 12.8. The van der Waals surface area contributed by atoms with Gasteiger partial charge in [-0.3, -0.25) is 0 Å². The Morgan fingerprint density at radius 1 is 1.00 bits per heavy atom. The lowest BCUT2D eigenvalue weighted by Gasteiger charge is -2.19. The molecule has 1 aromatic carbocycles. The summed E-state index contributed by atoms with van der Waals surface area (Å²) in [7, 11) is 1.78. The van der Waals surface area contributed by atoms with Crippen molar-refractivity contribution >= 4 is 0 Å². The monoisotopic (exact) mass is 277 g/mol. The first-order valence-corrected chi connectivity index (χ1v) is 7.98. The van der Waals surface area contributed by atoms with Gasteiger partial charge in [-0.25, -0.2) is 0 Å². The highest BCUT2D eigenvalue weighted by molar-refractivity contribution is 5.19. The van der Waals surface area contributed by atoms with Crippen LogP contribution >= 0.6 is 0 Å². The lowest BCUT2D eigenvalue weighted by Crippen LogP contribution is -2.25. The van der Waals surface area contributed by atoms with Gasteiger partial charge in [0.05, 0.1) is 0 Å². The third-order valence-electron chi connectivity index (χ3n) is 3.62. The Balaban J connectivity index is 2.39. The minimum atomic E-state index is 0.637. The van der Waals surface area contributed by atoms with Crippen LogP contribution in [0.1, 0.15) is 51.0 Å². The number of methoxy groups -OCH3 is 1. The second-order valence-electron chi connectivity index (χ2n) is 6.00. The van der Waals surface area contributed by atoms with Crippen molar-refractivity contribution in [3.05, 3.63) is 35.9 Å². The maximum Gasteiger partial charge on any atom is 0.0462 e. The van der Waals surface area contributed by atoms with Crippen molar-refractivity contribution < 1.29 is 4.74 Å². The van der Waals surface area contributed by atoms with Crippen molar-refractivity contribution in [3.63, 3.8) is 0 Å². The van der Waals surface area contributed by atoms with E-state index in [1.165, 1.54) is 31.2 Å². The first-order valence-electron chi connectivity index (χ1n) is 7.98. The molecule has 0 radical (unpaired) electrons.